The molecule has 3 saturated carbocycles. The van der Waals surface area contributed by atoms with Crippen LogP contribution in [0.1, 0.15) is 106 Å². The summed E-state index contributed by atoms with van der Waals surface area (Å²) in [5.41, 5.74) is -0.271. The average Bonchev–Trinajstić information content (AvgIpc) is 3.12. The Balaban J connectivity index is 1.39. The predicted molar refractivity (Wildman–Crippen MR) is 129 cm³/mol. The van der Waals surface area contributed by atoms with Gasteiger partial charge in [-0.1, -0.05) is 60.5 Å². The molecule has 0 radical (unpaired) electrons. The summed E-state index contributed by atoms with van der Waals surface area (Å²) in [4.78, 5) is 12.8. The molecule has 6 aliphatic rings. The zero-order chi connectivity index (χ0) is 22.9. The third-order valence-corrected chi connectivity index (χ3v) is 11.8. The third kappa shape index (κ3) is 3.02. The van der Waals surface area contributed by atoms with Gasteiger partial charge >= 0.3 is 0 Å². The smallest absolute Gasteiger partial charge is 0.130 e. The topological polar surface area (TPSA) is 38.7 Å². The molecule has 0 aromatic heterocycles. The first kappa shape index (κ1) is 23.4. The molecule has 2 spiro atoms. The molecule has 1 saturated heterocycles. The number of rotatable bonds is 6. The fraction of sp³-hybridized carbons (Fsp3) is 0.931. The van der Waals surface area contributed by atoms with Crippen molar-refractivity contribution in [3.05, 3.63) is 12.2 Å². The van der Waals surface area contributed by atoms with Crippen molar-refractivity contribution in [2.45, 2.75) is 123 Å². The highest BCUT2D eigenvalue weighted by molar-refractivity contribution is 5.33. The van der Waals surface area contributed by atoms with Crippen LogP contribution in [-0.4, -0.2) is 22.4 Å². The summed E-state index contributed by atoms with van der Waals surface area (Å²) in [6.45, 7) is 14.7. The van der Waals surface area contributed by atoms with Gasteiger partial charge in [0.2, 0.25) is 0 Å². The van der Waals surface area contributed by atoms with Crippen LogP contribution in [0.4, 0.5) is 0 Å². The van der Waals surface area contributed by atoms with Gasteiger partial charge in [-0.2, -0.15) is 0 Å². The average molecular weight is 445 g/mol. The normalized spacial score (nSPS) is 51.2. The van der Waals surface area contributed by atoms with Crippen molar-refractivity contribution in [3.8, 4) is 0 Å². The minimum Gasteiger partial charge on any atom is -0.393 e. The van der Waals surface area contributed by atoms with Crippen molar-refractivity contribution < 1.29 is 14.9 Å². The monoisotopic (exact) mass is 444 g/mol. The molecule has 32 heavy (non-hydrogen) atoms. The van der Waals surface area contributed by atoms with E-state index in [4.69, 9.17) is 9.78 Å². The van der Waals surface area contributed by atoms with E-state index in [1.807, 2.05) is 0 Å². The van der Waals surface area contributed by atoms with Crippen molar-refractivity contribution in [2.24, 2.45) is 46.3 Å². The Bertz CT molecular complexity index is 747. The molecule has 0 aromatic carbocycles. The minimum atomic E-state index is -0.428. The van der Waals surface area contributed by atoms with Crippen LogP contribution >= 0.6 is 0 Å². The van der Waals surface area contributed by atoms with Crippen LogP contribution in [0.25, 0.3) is 0 Å². The Hall–Kier alpha value is -0.380. The first-order valence-corrected chi connectivity index (χ1v) is 13.9. The second kappa shape index (κ2) is 7.82. The third-order valence-electron chi connectivity index (χ3n) is 11.8. The van der Waals surface area contributed by atoms with Gasteiger partial charge in [0.25, 0.3) is 0 Å². The highest BCUT2D eigenvalue weighted by Crippen LogP contribution is 2.72. The van der Waals surface area contributed by atoms with E-state index < -0.39 is 5.60 Å². The van der Waals surface area contributed by atoms with Crippen LogP contribution in [0.3, 0.4) is 0 Å². The molecular formula is C29H48O3. The molecule has 10 atom stereocenters. The Labute approximate surface area is 196 Å². The molecule has 2 unspecified atom stereocenters. The van der Waals surface area contributed by atoms with Crippen molar-refractivity contribution in [1.29, 1.82) is 0 Å². The van der Waals surface area contributed by atoms with E-state index in [-0.39, 0.29) is 17.1 Å². The first-order chi connectivity index (χ1) is 15.1. The summed E-state index contributed by atoms with van der Waals surface area (Å²) < 4.78 is 0. The largest absolute Gasteiger partial charge is 0.393 e. The highest BCUT2D eigenvalue weighted by Gasteiger charge is 2.74. The summed E-state index contributed by atoms with van der Waals surface area (Å²) in [7, 11) is 0. The second-order valence-corrected chi connectivity index (χ2v) is 13.4. The predicted octanol–water partition coefficient (Wildman–Crippen LogP) is 7.09. The van der Waals surface area contributed by atoms with E-state index in [2.05, 4.69) is 53.7 Å². The summed E-state index contributed by atoms with van der Waals surface area (Å²) in [5.74, 6) is 4.29. The lowest BCUT2D eigenvalue weighted by atomic mass is 9.42. The van der Waals surface area contributed by atoms with E-state index >= 15 is 0 Å². The number of hydrogen-bond donors (Lipinski definition) is 1. The molecule has 4 fully saturated rings. The van der Waals surface area contributed by atoms with E-state index in [1.54, 1.807) is 0 Å². The maximum Gasteiger partial charge on any atom is 0.130 e. The van der Waals surface area contributed by atoms with Gasteiger partial charge in [0.05, 0.1) is 6.10 Å². The van der Waals surface area contributed by atoms with Crippen molar-refractivity contribution in [1.82, 2.24) is 0 Å². The van der Waals surface area contributed by atoms with Gasteiger partial charge < -0.3 is 5.11 Å². The van der Waals surface area contributed by atoms with Gasteiger partial charge in [0.1, 0.15) is 11.2 Å². The quantitative estimate of drug-likeness (QED) is 0.351. The molecular weight excluding hydrogens is 396 g/mol. The van der Waals surface area contributed by atoms with E-state index in [1.165, 1.54) is 44.9 Å². The molecule has 3 heteroatoms. The van der Waals surface area contributed by atoms with Crippen molar-refractivity contribution >= 4 is 0 Å². The van der Waals surface area contributed by atoms with Crippen molar-refractivity contribution in [3.63, 3.8) is 0 Å². The molecule has 2 aliphatic heterocycles. The summed E-state index contributed by atoms with van der Waals surface area (Å²) in [6.07, 6.45) is 16.3. The first-order valence-electron chi connectivity index (χ1n) is 13.9. The maximum atomic E-state index is 10.4. The Kier molecular flexibility index (Phi) is 5.71. The fourth-order valence-corrected chi connectivity index (χ4v) is 9.76. The molecule has 3 nitrogen and oxygen atoms in total. The van der Waals surface area contributed by atoms with Crippen LogP contribution in [0.15, 0.2) is 12.2 Å². The lowest BCUT2D eigenvalue weighted by Gasteiger charge is -2.69. The lowest BCUT2D eigenvalue weighted by molar-refractivity contribution is -0.497. The molecule has 1 N–H and O–H groups in total. The lowest BCUT2D eigenvalue weighted by Crippen LogP contribution is -2.73. The number of aliphatic hydroxyl groups excluding tert-OH is 1. The number of hydrogen-bond acceptors (Lipinski definition) is 3. The van der Waals surface area contributed by atoms with Gasteiger partial charge in [0.15, 0.2) is 0 Å². The van der Waals surface area contributed by atoms with E-state index in [9.17, 15) is 5.11 Å². The number of fused-ring (bicyclic) bond motifs is 2. The second-order valence-electron chi connectivity index (χ2n) is 13.4. The van der Waals surface area contributed by atoms with Crippen LogP contribution in [-0.2, 0) is 9.78 Å². The molecule has 2 bridgehead atoms. The minimum absolute atomic E-state index is 0.0792. The molecule has 0 amide bonds. The molecule has 6 rings (SSSR count). The fourth-order valence-electron chi connectivity index (χ4n) is 9.76. The van der Waals surface area contributed by atoms with Crippen LogP contribution in [0.2, 0.25) is 0 Å². The van der Waals surface area contributed by atoms with Gasteiger partial charge in [0, 0.05) is 23.7 Å². The van der Waals surface area contributed by atoms with Gasteiger partial charge in [-0.15, -0.1) is 0 Å². The highest BCUT2D eigenvalue weighted by atomic mass is 17.2. The van der Waals surface area contributed by atoms with Crippen LogP contribution < -0.4 is 0 Å². The van der Waals surface area contributed by atoms with Crippen LogP contribution in [0.5, 0.6) is 0 Å². The van der Waals surface area contributed by atoms with Crippen LogP contribution in [0, 0.1) is 46.3 Å². The zero-order valence-corrected chi connectivity index (χ0v) is 21.5. The Morgan fingerprint density at radius 1 is 0.938 bits per heavy atom. The zero-order valence-electron chi connectivity index (χ0n) is 21.5. The molecule has 2 heterocycles. The maximum absolute atomic E-state index is 10.4. The molecule has 182 valence electrons. The van der Waals surface area contributed by atoms with E-state index in [0.29, 0.717) is 23.7 Å². The van der Waals surface area contributed by atoms with E-state index in [0.717, 1.165) is 36.5 Å². The number of aliphatic hydroxyl groups is 1. The summed E-state index contributed by atoms with van der Waals surface area (Å²) >= 11 is 0. The van der Waals surface area contributed by atoms with Gasteiger partial charge in [-0.3, -0.25) is 0 Å². The Morgan fingerprint density at radius 3 is 2.38 bits per heavy atom. The van der Waals surface area contributed by atoms with Gasteiger partial charge in [-0.05, 0) is 80.1 Å². The Morgan fingerprint density at radius 2 is 1.72 bits per heavy atom. The summed E-state index contributed by atoms with van der Waals surface area (Å²) in [6, 6.07) is 0. The SMILES string of the molecule is CC[C@@H](CC[C@@H](C)[C@H]1CCC2[C@@]34C=C[C@]5(C[C@@H](O)CC[C@]5(C)C3CC[C@@]21C)OO4)C(C)C. The molecule has 4 aliphatic carbocycles. The molecule has 0 aromatic rings. The summed E-state index contributed by atoms with van der Waals surface area (Å²) in [5, 5.41) is 10.4. The van der Waals surface area contributed by atoms with Gasteiger partial charge in [-0.25, -0.2) is 9.78 Å². The standard InChI is InChI=1S/C29H48O3/c1-7-21(19(2)3)9-8-20(4)23-10-11-24-26(23,5)14-13-25-27(6)15-12-22(30)18-28(27)16-17-29(24,25)32-31-28/h16-17,19-25,30H,7-15,18H2,1-6H3/t20-,21+,22+,23-,24?,25?,26-,27-,28-,29+/m1/s1. The van der Waals surface area contributed by atoms with Crippen molar-refractivity contribution in [2.75, 3.05) is 0 Å².